The van der Waals surface area contributed by atoms with Gasteiger partial charge in [0.15, 0.2) is 6.61 Å². The first-order valence-corrected chi connectivity index (χ1v) is 7.61. The molecule has 0 radical (unpaired) electrons. The summed E-state index contributed by atoms with van der Waals surface area (Å²) in [5, 5.41) is 2.97. The molecule has 1 unspecified atom stereocenters. The second kappa shape index (κ2) is 6.78. The molecule has 0 bridgehead atoms. The number of carbonyl (C=O) groups excluding carboxylic acids is 1. The Morgan fingerprint density at radius 3 is 2.75 bits per heavy atom. The molecule has 1 aliphatic rings. The molecule has 110 valence electrons. The van der Waals surface area contributed by atoms with Gasteiger partial charge < -0.3 is 10.1 Å². The minimum atomic E-state index is -0.0420. The number of hydrogen-bond acceptors (Lipinski definition) is 2. The maximum Gasteiger partial charge on any atom is 0.258 e. The minimum Gasteiger partial charge on any atom is -0.483 e. The molecule has 1 aromatic carbocycles. The molecule has 0 spiro atoms. The summed E-state index contributed by atoms with van der Waals surface area (Å²) in [6, 6.07) is 6.34. The zero-order valence-corrected chi connectivity index (χ0v) is 12.7. The van der Waals surface area contributed by atoms with E-state index < -0.39 is 0 Å². The Balaban J connectivity index is 1.93. The fourth-order valence-corrected chi connectivity index (χ4v) is 2.49. The predicted octanol–water partition coefficient (Wildman–Crippen LogP) is 3.10. The van der Waals surface area contributed by atoms with Crippen molar-refractivity contribution >= 4 is 5.91 Å². The average molecular weight is 275 g/mol. The molecule has 0 heterocycles. The third-order valence-corrected chi connectivity index (χ3v) is 4.10. The van der Waals surface area contributed by atoms with Crippen LogP contribution < -0.4 is 10.1 Å². The lowest BCUT2D eigenvalue weighted by Gasteiger charge is -2.20. The second-order valence-corrected chi connectivity index (χ2v) is 5.99. The van der Waals surface area contributed by atoms with Crippen molar-refractivity contribution in [3.05, 3.63) is 29.3 Å². The van der Waals surface area contributed by atoms with Crippen molar-refractivity contribution in [2.24, 2.45) is 5.92 Å². The third kappa shape index (κ3) is 3.75. The van der Waals surface area contributed by atoms with Crippen LogP contribution in [0.1, 0.15) is 44.7 Å². The van der Waals surface area contributed by atoms with Gasteiger partial charge in [-0.05, 0) is 55.7 Å². The van der Waals surface area contributed by atoms with Crippen LogP contribution in [0.15, 0.2) is 18.2 Å². The summed E-state index contributed by atoms with van der Waals surface area (Å²) in [5.74, 6) is 1.28. The van der Waals surface area contributed by atoms with Gasteiger partial charge in [-0.1, -0.05) is 26.0 Å². The van der Waals surface area contributed by atoms with Gasteiger partial charge >= 0.3 is 0 Å². The first-order chi connectivity index (χ1) is 9.58. The van der Waals surface area contributed by atoms with Crippen molar-refractivity contribution < 1.29 is 9.53 Å². The maximum atomic E-state index is 11.9. The van der Waals surface area contributed by atoms with Gasteiger partial charge in [0.05, 0.1) is 0 Å². The Hall–Kier alpha value is -1.51. The highest BCUT2D eigenvalue weighted by molar-refractivity contribution is 5.77. The Bertz CT molecular complexity index is 468. The Morgan fingerprint density at radius 2 is 2.00 bits per heavy atom. The highest BCUT2D eigenvalue weighted by Gasteiger charge is 2.15. The summed E-state index contributed by atoms with van der Waals surface area (Å²) in [6.45, 7) is 6.32. The largest absolute Gasteiger partial charge is 0.483 e. The zero-order valence-electron chi connectivity index (χ0n) is 12.7. The summed E-state index contributed by atoms with van der Waals surface area (Å²) in [5.41, 5.74) is 2.67. The minimum absolute atomic E-state index is 0.0420. The molecule has 1 atom stereocenters. The molecular formula is C17H25NO2. The Morgan fingerprint density at radius 1 is 1.25 bits per heavy atom. The fourth-order valence-electron chi connectivity index (χ4n) is 2.49. The number of ether oxygens (including phenoxy) is 1. The molecular weight excluding hydrogens is 250 g/mol. The Kier molecular flexibility index (Phi) is 5.05. The number of nitrogens with one attached hydrogen (secondary N) is 1. The molecule has 1 aliphatic carbocycles. The molecule has 3 heteroatoms. The molecule has 2 rings (SSSR count). The molecule has 0 saturated carbocycles. The molecule has 1 amide bonds. The van der Waals surface area contributed by atoms with Crippen LogP contribution in [0, 0.1) is 5.92 Å². The van der Waals surface area contributed by atoms with E-state index in [9.17, 15) is 4.79 Å². The van der Waals surface area contributed by atoms with Gasteiger partial charge in [0.25, 0.3) is 5.91 Å². The van der Waals surface area contributed by atoms with Gasteiger partial charge in [-0.15, -0.1) is 0 Å². The van der Waals surface area contributed by atoms with Gasteiger partial charge in [0, 0.05) is 6.04 Å². The van der Waals surface area contributed by atoms with E-state index in [1.807, 2.05) is 19.1 Å². The van der Waals surface area contributed by atoms with Gasteiger partial charge in [-0.3, -0.25) is 4.79 Å². The van der Waals surface area contributed by atoms with Gasteiger partial charge in [0.2, 0.25) is 0 Å². The van der Waals surface area contributed by atoms with E-state index in [0.717, 1.165) is 18.6 Å². The highest BCUT2D eigenvalue weighted by Crippen LogP contribution is 2.29. The van der Waals surface area contributed by atoms with E-state index >= 15 is 0 Å². The van der Waals surface area contributed by atoms with Crippen LogP contribution in [-0.2, 0) is 17.6 Å². The van der Waals surface area contributed by atoms with Crippen molar-refractivity contribution in [3.8, 4) is 5.75 Å². The second-order valence-electron chi connectivity index (χ2n) is 5.99. The summed E-state index contributed by atoms with van der Waals surface area (Å²) in [6.07, 6.45) is 4.66. The molecule has 1 aromatic rings. The van der Waals surface area contributed by atoms with E-state index in [1.54, 1.807) is 0 Å². The Labute approximate surface area is 121 Å². The summed E-state index contributed by atoms with van der Waals surface area (Å²) in [7, 11) is 0. The predicted molar refractivity (Wildman–Crippen MR) is 81.0 cm³/mol. The number of fused-ring (bicyclic) bond motifs is 1. The van der Waals surface area contributed by atoms with Crippen LogP contribution in [0.2, 0.25) is 0 Å². The number of hydrogen-bond donors (Lipinski definition) is 1. The van der Waals surface area contributed by atoms with Crippen LogP contribution in [0.3, 0.4) is 0 Å². The van der Waals surface area contributed by atoms with Crippen LogP contribution in [-0.4, -0.2) is 18.6 Å². The summed E-state index contributed by atoms with van der Waals surface area (Å²) < 4.78 is 5.73. The zero-order chi connectivity index (χ0) is 14.5. The van der Waals surface area contributed by atoms with Gasteiger partial charge in [-0.2, -0.15) is 0 Å². The quantitative estimate of drug-likeness (QED) is 0.896. The number of benzene rings is 1. The van der Waals surface area contributed by atoms with E-state index in [0.29, 0.717) is 5.92 Å². The molecule has 0 saturated heterocycles. The van der Waals surface area contributed by atoms with Crippen LogP contribution in [0.4, 0.5) is 0 Å². The topological polar surface area (TPSA) is 38.3 Å². The number of aryl methyl sites for hydroxylation is 1. The number of amides is 1. The molecule has 1 N–H and O–H groups in total. The molecule has 0 aromatic heterocycles. The molecule has 0 fully saturated rings. The first kappa shape index (κ1) is 14.9. The van der Waals surface area contributed by atoms with Crippen LogP contribution in [0.25, 0.3) is 0 Å². The van der Waals surface area contributed by atoms with E-state index in [1.165, 1.54) is 24.0 Å². The van der Waals surface area contributed by atoms with Crippen molar-refractivity contribution in [1.82, 2.24) is 5.32 Å². The highest BCUT2D eigenvalue weighted by atomic mass is 16.5. The van der Waals surface area contributed by atoms with Crippen LogP contribution in [0.5, 0.6) is 5.75 Å². The van der Waals surface area contributed by atoms with Crippen LogP contribution >= 0.6 is 0 Å². The van der Waals surface area contributed by atoms with Gasteiger partial charge in [0.1, 0.15) is 5.75 Å². The molecule has 3 nitrogen and oxygen atoms in total. The summed E-state index contributed by atoms with van der Waals surface area (Å²) in [4.78, 5) is 11.9. The van der Waals surface area contributed by atoms with Crippen molar-refractivity contribution in [2.45, 2.75) is 52.5 Å². The van der Waals surface area contributed by atoms with E-state index in [-0.39, 0.29) is 18.6 Å². The lowest BCUT2D eigenvalue weighted by molar-refractivity contribution is -0.124. The van der Waals surface area contributed by atoms with E-state index in [2.05, 4.69) is 25.2 Å². The third-order valence-electron chi connectivity index (χ3n) is 4.10. The van der Waals surface area contributed by atoms with E-state index in [4.69, 9.17) is 4.74 Å². The standard InChI is InChI=1S/C17H25NO2/c1-12(2)13(3)18-17(19)11-20-16-10-6-8-14-7-4-5-9-15(14)16/h6,8,10,12-13H,4-5,7,9,11H2,1-3H3,(H,18,19). The van der Waals surface area contributed by atoms with Crippen molar-refractivity contribution in [2.75, 3.05) is 6.61 Å². The average Bonchev–Trinajstić information content (AvgIpc) is 2.44. The van der Waals surface area contributed by atoms with Gasteiger partial charge in [-0.25, -0.2) is 0 Å². The lowest BCUT2D eigenvalue weighted by Crippen LogP contribution is -2.39. The smallest absolute Gasteiger partial charge is 0.258 e. The van der Waals surface area contributed by atoms with Crippen molar-refractivity contribution in [1.29, 1.82) is 0 Å². The normalized spacial score (nSPS) is 15.6. The molecule has 20 heavy (non-hydrogen) atoms. The monoisotopic (exact) mass is 275 g/mol. The van der Waals surface area contributed by atoms with Crippen molar-refractivity contribution in [3.63, 3.8) is 0 Å². The SMILES string of the molecule is CC(C)C(C)NC(=O)COc1cccc2c1CCCC2. The maximum absolute atomic E-state index is 11.9. The molecule has 0 aliphatic heterocycles. The lowest BCUT2D eigenvalue weighted by atomic mass is 9.91. The number of carbonyl (C=O) groups is 1. The number of rotatable bonds is 5. The fraction of sp³-hybridized carbons (Fsp3) is 0.588. The summed E-state index contributed by atoms with van der Waals surface area (Å²) >= 11 is 0. The first-order valence-electron chi connectivity index (χ1n) is 7.61.